The molecule has 2 atom stereocenters. The Hall–Kier alpha value is -0.610. The van der Waals surface area contributed by atoms with E-state index in [1.165, 1.54) is 25.0 Å². The second-order valence-corrected chi connectivity index (χ2v) is 6.32. The first kappa shape index (κ1) is 12.4. The Morgan fingerprint density at radius 3 is 2.72 bits per heavy atom. The molecule has 0 bridgehead atoms. The highest BCUT2D eigenvalue weighted by atomic mass is 79.9. The lowest BCUT2D eigenvalue weighted by Gasteiger charge is -2.52. The van der Waals surface area contributed by atoms with Gasteiger partial charge in [-0.15, -0.1) is 0 Å². The Bertz CT molecular complexity index is 459. The van der Waals surface area contributed by atoms with Gasteiger partial charge < -0.3 is 10.5 Å². The molecule has 2 aliphatic rings. The molecule has 2 fully saturated rings. The van der Waals surface area contributed by atoms with Crippen LogP contribution in [0.4, 0.5) is 4.39 Å². The number of hydrogen-bond donors (Lipinski definition) is 1. The predicted molar refractivity (Wildman–Crippen MR) is 72.0 cm³/mol. The second kappa shape index (κ2) is 4.49. The highest BCUT2D eigenvalue weighted by molar-refractivity contribution is 9.10. The van der Waals surface area contributed by atoms with Crippen LogP contribution in [0.15, 0.2) is 22.7 Å². The maximum absolute atomic E-state index is 13.2. The Balaban J connectivity index is 1.79. The summed E-state index contributed by atoms with van der Waals surface area (Å²) in [6, 6.07) is 4.80. The van der Waals surface area contributed by atoms with Gasteiger partial charge in [-0.1, -0.05) is 12.8 Å². The van der Waals surface area contributed by atoms with E-state index in [-0.39, 0.29) is 23.4 Å². The maximum Gasteiger partial charge on any atom is 0.136 e. The summed E-state index contributed by atoms with van der Waals surface area (Å²) in [6.07, 6.45) is 5.78. The first-order valence-electron chi connectivity index (χ1n) is 6.49. The molecule has 2 unspecified atom stereocenters. The van der Waals surface area contributed by atoms with E-state index in [4.69, 9.17) is 10.5 Å². The molecule has 2 aliphatic carbocycles. The molecule has 1 aromatic rings. The first-order chi connectivity index (χ1) is 8.62. The Kier molecular flexibility index (Phi) is 3.10. The lowest BCUT2D eigenvalue weighted by Crippen LogP contribution is -2.62. The molecule has 1 aromatic carbocycles. The molecule has 0 amide bonds. The third-order valence-corrected chi connectivity index (χ3v) is 5.20. The molecule has 1 spiro atoms. The summed E-state index contributed by atoms with van der Waals surface area (Å²) < 4.78 is 20.0. The van der Waals surface area contributed by atoms with Gasteiger partial charge in [0.25, 0.3) is 0 Å². The van der Waals surface area contributed by atoms with Crippen molar-refractivity contribution in [2.75, 3.05) is 0 Å². The van der Waals surface area contributed by atoms with Crippen molar-refractivity contribution in [2.24, 2.45) is 11.1 Å². The molecule has 98 valence electrons. The first-order valence-corrected chi connectivity index (χ1v) is 7.28. The zero-order chi connectivity index (χ0) is 12.8. The van der Waals surface area contributed by atoms with E-state index in [0.29, 0.717) is 5.75 Å². The van der Waals surface area contributed by atoms with Gasteiger partial charge in [-0.05, 0) is 40.9 Å². The van der Waals surface area contributed by atoms with Gasteiger partial charge in [0.1, 0.15) is 17.7 Å². The minimum atomic E-state index is -0.266. The minimum absolute atomic E-state index is 0.145. The maximum atomic E-state index is 13.2. The van der Waals surface area contributed by atoms with Crippen LogP contribution >= 0.6 is 15.9 Å². The van der Waals surface area contributed by atoms with Gasteiger partial charge in [-0.25, -0.2) is 4.39 Å². The zero-order valence-electron chi connectivity index (χ0n) is 10.2. The standard InChI is InChI=1S/C14H17BrFNO/c15-10-4-3-9(16)7-11(10)18-13-8-12(17)14(13)5-1-2-6-14/h3-4,7,12-13H,1-2,5-6,8,17H2. The second-order valence-electron chi connectivity index (χ2n) is 5.46. The van der Waals surface area contributed by atoms with Gasteiger partial charge >= 0.3 is 0 Å². The Labute approximate surface area is 115 Å². The summed E-state index contributed by atoms with van der Waals surface area (Å²) in [6.45, 7) is 0. The van der Waals surface area contributed by atoms with Crippen molar-refractivity contribution in [3.63, 3.8) is 0 Å². The topological polar surface area (TPSA) is 35.2 Å². The van der Waals surface area contributed by atoms with Gasteiger partial charge in [0, 0.05) is 23.9 Å². The molecule has 3 rings (SSSR count). The molecule has 18 heavy (non-hydrogen) atoms. The van der Waals surface area contributed by atoms with Gasteiger partial charge in [0.15, 0.2) is 0 Å². The van der Waals surface area contributed by atoms with Crippen LogP contribution in [0.5, 0.6) is 5.75 Å². The summed E-state index contributed by atoms with van der Waals surface area (Å²) in [5.41, 5.74) is 6.31. The average molecular weight is 314 g/mol. The fraction of sp³-hybridized carbons (Fsp3) is 0.571. The van der Waals surface area contributed by atoms with Crippen LogP contribution < -0.4 is 10.5 Å². The third kappa shape index (κ3) is 1.86. The molecule has 0 saturated heterocycles. The molecule has 0 aromatic heterocycles. The van der Waals surface area contributed by atoms with Crippen LogP contribution in [0.3, 0.4) is 0 Å². The fourth-order valence-corrected chi connectivity index (χ4v) is 3.73. The highest BCUT2D eigenvalue weighted by Crippen LogP contribution is 2.54. The molecule has 2 N–H and O–H groups in total. The van der Waals surface area contributed by atoms with Crippen molar-refractivity contribution in [2.45, 2.75) is 44.2 Å². The molecular weight excluding hydrogens is 297 g/mol. The van der Waals surface area contributed by atoms with Crippen LogP contribution in [0.1, 0.15) is 32.1 Å². The fourth-order valence-electron chi connectivity index (χ4n) is 3.39. The van der Waals surface area contributed by atoms with E-state index in [1.807, 2.05) is 0 Å². The lowest BCUT2D eigenvalue weighted by atomic mass is 9.61. The predicted octanol–water partition coefficient (Wildman–Crippen LogP) is 3.63. The van der Waals surface area contributed by atoms with Crippen LogP contribution in [-0.4, -0.2) is 12.1 Å². The van der Waals surface area contributed by atoms with Gasteiger partial charge in [0.05, 0.1) is 4.47 Å². The molecule has 0 aliphatic heterocycles. The largest absolute Gasteiger partial charge is 0.488 e. The average Bonchev–Trinajstić information content (AvgIpc) is 2.85. The van der Waals surface area contributed by atoms with Gasteiger partial charge in [0.2, 0.25) is 0 Å². The number of ether oxygens (including phenoxy) is 1. The highest BCUT2D eigenvalue weighted by Gasteiger charge is 2.56. The van der Waals surface area contributed by atoms with E-state index in [0.717, 1.165) is 23.7 Å². The molecule has 2 nitrogen and oxygen atoms in total. The van der Waals surface area contributed by atoms with Gasteiger partial charge in [-0.2, -0.15) is 0 Å². The van der Waals surface area contributed by atoms with Crippen LogP contribution in [-0.2, 0) is 0 Å². The number of rotatable bonds is 2. The molecular formula is C14H17BrFNO. The smallest absolute Gasteiger partial charge is 0.136 e. The summed E-state index contributed by atoms with van der Waals surface area (Å²) in [7, 11) is 0. The van der Waals surface area contributed by atoms with Crippen molar-refractivity contribution < 1.29 is 9.13 Å². The van der Waals surface area contributed by atoms with E-state index in [9.17, 15) is 4.39 Å². The van der Waals surface area contributed by atoms with E-state index >= 15 is 0 Å². The van der Waals surface area contributed by atoms with Crippen LogP contribution in [0.2, 0.25) is 0 Å². The minimum Gasteiger partial charge on any atom is -0.488 e. The quantitative estimate of drug-likeness (QED) is 0.905. The lowest BCUT2D eigenvalue weighted by molar-refractivity contribution is -0.0624. The van der Waals surface area contributed by atoms with Crippen molar-refractivity contribution in [3.05, 3.63) is 28.5 Å². The van der Waals surface area contributed by atoms with Crippen molar-refractivity contribution in [1.29, 1.82) is 0 Å². The number of benzene rings is 1. The SMILES string of the molecule is NC1CC(Oc2cc(F)ccc2Br)C12CCCC2. The number of hydrogen-bond acceptors (Lipinski definition) is 2. The third-order valence-electron chi connectivity index (χ3n) is 4.54. The Morgan fingerprint density at radius 2 is 2.06 bits per heavy atom. The zero-order valence-corrected chi connectivity index (χ0v) is 11.7. The molecule has 0 heterocycles. The summed E-state index contributed by atoms with van der Waals surface area (Å²) in [5, 5.41) is 0. The number of nitrogens with two attached hydrogens (primary N) is 1. The molecule has 4 heteroatoms. The van der Waals surface area contributed by atoms with Gasteiger partial charge in [-0.3, -0.25) is 0 Å². The Morgan fingerprint density at radius 1 is 1.33 bits per heavy atom. The van der Waals surface area contributed by atoms with E-state index in [1.54, 1.807) is 6.07 Å². The van der Waals surface area contributed by atoms with Crippen molar-refractivity contribution >= 4 is 15.9 Å². The normalized spacial score (nSPS) is 29.3. The van der Waals surface area contributed by atoms with E-state index in [2.05, 4.69) is 15.9 Å². The van der Waals surface area contributed by atoms with E-state index < -0.39 is 0 Å². The van der Waals surface area contributed by atoms with Crippen LogP contribution in [0.25, 0.3) is 0 Å². The summed E-state index contributed by atoms with van der Waals surface area (Å²) in [5.74, 6) is 0.329. The summed E-state index contributed by atoms with van der Waals surface area (Å²) >= 11 is 3.40. The van der Waals surface area contributed by atoms with Crippen molar-refractivity contribution in [3.8, 4) is 5.75 Å². The van der Waals surface area contributed by atoms with Crippen molar-refractivity contribution in [1.82, 2.24) is 0 Å². The van der Waals surface area contributed by atoms with Crippen LogP contribution in [0, 0.1) is 11.2 Å². The molecule has 0 radical (unpaired) electrons. The monoisotopic (exact) mass is 313 g/mol. The molecule has 2 saturated carbocycles. The number of halogens is 2. The summed E-state index contributed by atoms with van der Waals surface area (Å²) in [4.78, 5) is 0.